The topological polar surface area (TPSA) is 58.2 Å². The molecule has 5 heteroatoms. The van der Waals surface area contributed by atoms with E-state index in [9.17, 15) is 9.59 Å². The Morgan fingerprint density at radius 2 is 1.69 bits per heavy atom. The standard InChI is InChI=1S/C8H7NO3.BrH/c10-7(8(11)12)6-9-4-2-1-3-5-9;/h1-5H,6H2;1H. The number of carboxylic acid groups (broad SMARTS) is 1. The van der Waals surface area contributed by atoms with E-state index in [0.717, 1.165) is 0 Å². The summed E-state index contributed by atoms with van der Waals surface area (Å²) in [6, 6.07) is 5.26. The van der Waals surface area contributed by atoms with Gasteiger partial charge in [0.15, 0.2) is 12.4 Å². The minimum Gasteiger partial charge on any atom is -1.00 e. The van der Waals surface area contributed by atoms with Crippen molar-refractivity contribution in [1.82, 2.24) is 0 Å². The number of hydrogen-bond acceptors (Lipinski definition) is 2. The van der Waals surface area contributed by atoms with Gasteiger partial charge < -0.3 is 22.1 Å². The van der Waals surface area contributed by atoms with Crippen LogP contribution in [-0.4, -0.2) is 16.9 Å². The average Bonchev–Trinajstić information content (AvgIpc) is 2.06. The highest BCUT2D eigenvalue weighted by atomic mass is 79.9. The number of Topliss-reactive ketones (excluding diaryl/α,β-unsaturated/α-hetero) is 1. The maximum absolute atomic E-state index is 10.7. The minimum absolute atomic E-state index is 0. The van der Waals surface area contributed by atoms with Gasteiger partial charge in [-0.25, -0.2) is 4.79 Å². The number of pyridine rings is 1. The van der Waals surface area contributed by atoms with Crippen molar-refractivity contribution in [3.63, 3.8) is 0 Å². The Morgan fingerprint density at radius 3 is 2.15 bits per heavy atom. The molecule has 0 spiro atoms. The Bertz CT molecular complexity index is 300. The van der Waals surface area contributed by atoms with Crippen molar-refractivity contribution in [2.24, 2.45) is 0 Å². The second-order valence-corrected chi connectivity index (χ2v) is 2.28. The maximum atomic E-state index is 10.7. The van der Waals surface area contributed by atoms with Crippen molar-refractivity contribution in [2.45, 2.75) is 6.54 Å². The van der Waals surface area contributed by atoms with E-state index >= 15 is 0 Å². The Hall–Kier alpha value is -1.23. The molecule has 0 aliphatic heterocycles. The van der Waals surface area contributed by atoms with Crippen molar-refractivity contribution in [2.75, 3.05) is 0 Å². The largest absolute Gasteiger partial charge is 1.00 e. The van der Waals surface area contributed by atoms with Gasteiger partial charge in [0.1, 0.15) is 0 Å². The first-order chi connectivity index (χ1) is 5.70. The molecule has 1 rings (SSSR count). The zero-order valence-corrected chi connectivity index (χ0v) is 8.27. The van der Waals surface area contributed by atoms with Gasteiger partial charge in [0.2, 0.25) is 6.54 Å². The summed E-state index contributed by atoms with van der Waals surface area (Å²) in [6.07, 6.45) is 3.28. The Labute approximate surface area is 85.6 Å². The van der Waals surface area contributed by atoms with Gasteiger partial charge in [0.05, 0.1) is 0 Å². The van der Waals surface area contributed by atoms with Crippen LogP contribution in [0.3, 0.4) is 0 Å². The zero-order chi connectivity index (χ0) is 8.97. The second kappa shape index (κ2) is 5.42. The van der Waals surface area contributed by atoms with Crippen LogP contribution in [-0.2, 0) is 16.1 Å². The molecule has 1 heterocycles. The molecule has 0 aliphatic carbocycles. The van der Waals surface area contributed by atoms with Crippen molar-refractivity contribution in [3.8, 4) is 0 Å². The van der Waals surface area contributed by atoms with Crippen molar-refractivity contribution >= 4 is 11.8 Å². The highest BCUT2D eigenvalue weighted by Crippen LogP contribution is 1.78. The first-order valence-corrected chi connectivity index (χ1v) is 3.40. The van der Waals surface area contributed by atoms with Crippen LogP contribution in [0.15, 0.2) is 30.6 Å². The number of halogens is 1. The summed E-state index contributed by atoms with van der Waals surface area (Å²) >= 11 is 0. The Morgan fingerprint density at radius 1 is 1.15 bits per heavy atom. The molecule has 0 unspecified atom stereocenters. The fraction of sp³-hybridized carbons (Fsp3) is 0.125. The summed E-state index contributed by atoms with van der Waals surface area (Å²) in [6.45, 7) is -0.115. The van der Waals surface area contributed by atoms with E-state index in [4.69, 9.17) is 5.11 Å². The number of carbonyl (C=O) groups excluding carboxylic acids is 1. The monoisotopic (exact) mass is 245 g/mol. The summed E-state index contributed by atoms with van der Waals surface area (Å²) in [4.78, 5) is 20.8. The van der Waals surface area contributed by atoms with Crippen molar-refractivity contribution < 1.29 is 36.2 Å². The molecule has 0 bridgehead atoms. The average molecular weight is 246 g/mol. The third kappa shape index (κ3) is 3.80. The Kier molecular flexibility index (Phi) is 4.91. The molecule has 0 saturated carbocycles. The molecule has 1 aromatic rings. The number of hydrogen-bond donors (Lipinski definition) is 1. The maximum Gasteiger partial charge on any atom is 0.379 e. The molecule has 1 N–H and O–H groups in total. The summed E-state index contributed by atoms with van der Waals surface area (Å²) < 4.78 is 1.51. The molecule has 0 atom stereocenters. The number of nitrogens with zero attached hydrogens (tertiary/aromatic N) is 1. The lowest BCUT2D eigenvalue weighted by atomic mass is 10.4. The smallest absolute Gasteiger partial charge is 0.379 e. The molecule has 0 aliphatic rings. The lowest BCUT2D eigenvalue weighted by Crippen LogP contribution is -3.00. The fourth-order valence-corrected chi connectivity index (χ4v) is 0.773. The van der Waals surface area contributed by atoms with Crippen LogP contribution in [0.1, 0.15) is 0 Å². The zero-order valence-electron chi connectivity index (χ0n) is 6.68. The van der Waals surface area contributed by atoms with Gasteiger partial charge in [-0.05, 0) is 0 Å². The van der Waals surface area contributed by atoms with Crippen molar-refractivity contribution in [1.29, 1.82) is 0 Å². The van der Waals surface area contributed by atoms with Crippen LogP contribution < -0.4 is 21.5 Å². The molecule has 70 valence electrons. The molecule has 0 radical (unpaired) electrons. The molecule has 4 nitrogen and oxygen atoms in total. The van der Waals surface area contributed by atoms with Gasteiger partial charge in [-0.3, -0.25) is 4.79 Å². The highest BCUT2D eigenvalue weighted by Gasteiger charge is 2.15. The number of carboxylic acids is 1. The van der Waals surface area contributed by atoms with Gasteiger partial charge in [0.25, 0.3) is 0 Å². The number of aromatic nitrogens is 1. The first-order valence-electron chi connectivity index (χ1n) is 3.40. The summed E-state index contributed by atoms with van der Waals surface area (Å²) in [5, 5.41) is 8.28. The molecule has 0 aromatic carbocycles. The van der Waals surface area contributed by atoms with E-state index in [1.807, 2.05) is 0 Å². The third-order valence-electron chi connectivity index (χ3n) is 1.34. The van der Waals surface area contributed by atoms with E-state index in [-0.39, 0.29) is 23.5 Å². The minimum atomic E-state index is -1.40. The van der Waals surface area contributed by atoms with Crippen LogP contribution in [0.5, 0.6) is 0 Å². The highest BCUT2D eigenvalue weighted by molar-refractivity contribution is 6.32. The van der Waals surface area contributed by atoms with Gasteiger partial charge in [-0.1, -0.05) is 6.07 Å². The predicted molar refractivity (Wildman–Crippen MR) is 39.3 cm³/mol. The van der Waals surface area contributed by atoms with Crippen LogP contribution in [0, 0.1) is 0 Å². The van der Waals surface area contributed by atoms with E-state index in [1.165, 1.54) is 4.57 Å². The van der Waals surface area contributed by atoms with E-state index in [1.54, 1.807) is 30.6 Å². The molecule has 1 aromatic heterocycles. The third-order valence-corrected chi connectivity index (χ3v) is 1.34. The van der Waals surface area contributed by atoms with Gasteiger partial charge in [0, 0.05) is 12.1 Å². The lowest BCUT2D eigenvalue weighted by molar-refractivity contribution is -0.683. The second-order valence-electron chi connectivity index (χ2n) is 2.28. The lowest BCUT2D eigenvalue weighted by Gasteiger charge is -1.90. The quantitative estimate of drug-likeness (QED) is 0.447. The van der Waals surface area contributed by atoms with Gasteiger partial charge >= 0.3 is 11.8 Å². The van der Waals surface area contributed by atoms with Crippen LogP contribution in [0.2, 0.25) is 0 Å². The SMILES string of the molecule is O=C(O)C(=O)C[n+]1ccccc1.[Br-]. The summed E-state index contributed by atoms with van der Waals surface area (Å²) in [7, 11) is 0. The molecule has 0 fully saturated rings. The molecular formula is C8H8BrNO3. The van der Waals surface area contributed by atoms with Gasteiger partial charge in [-0.2, -0.15) is 4.57 Å². The Balaban J connectivity index is 0.00000144. The summed E-state index contributed by atoms with van der Waals surface area (Å²) in [5.41, 5.74) is 0. The van der Waals surface area contributed by atoms with E-state index in [0.29, 0.717) is 0 Å². The van der Waals surface area contributed by atoms with E-state index < -0.39 is 11.8 Å². The number of ketones is 1. The van der Waals surface area contributed by atoms with Gasteiger partial charge in [-0.15, -0.1) is 0 Å². The molecule has 0 amide bonds. The van der Waals surface area contributed by atoms with Crippen LogP contribution in [0.25, 0.3) is 0 Å². The van der Waals surface area contributed by atoms with Crippen molar-refractivity contribution in [3.05, 3.63) is 30.6 Å². The normalized spacial score (nSPS) is 8.62. The number of aliphatic carboxylic acids is 1. The molecule has 0 saturated heterocycles. The predicted octanol–water partition coefficient (Wildman–Crippen LogP) is -3.37. The fourth-order valence-electron chi connectivity index (χ4n) is 0.773. The molecular weight excluding hydrogens is 238 g/mol. The molecule has 13 heavy (non-hydrogen) atoms. The van der Waals surface area contributed by atoms with Crippen LogP contribution in [0.4, 0.5) is 0 Å². The number of carbonyl (C=O) groups is 2. The summed E-state index contributed by atoms with van der Waals surface area (Å²) in [5.74, 6) is -2.21. The number of rotatable bonds is 3. The van der Waals surface area contributed by atoms with E-state index in [2.05, 4.69) is 0 Å². The van der Waals surface area contributed by atoms with Crippen LogP contribution >= 0.6 is 0 Å². The first kappa shape index (κ1) is 11.8.